The van der Waals surface area contributed by atoms with Crippen molar-refractivity contribution in [3.8, 4) is 0 Å². The highest BCUT2D eigenvalue weighted by molar-refractivity contribution is 9.09. The van der Waals surface area contributed by atoms with Gasteiger partial charge in [-0.25, -0.2) is 0 Å². The molecule has 0 radical (unpaired) electrons. The summed E-state index contributed by atoms with van der Waals surface area (Å²) in [5, 5.41) is 0.771. The van der Waals surface area contributed by atoms with Crippen LogP contribution in [-0.4, -0.2) is 10.9 Å². The molecule has 1 fully saturated rings. The van der Waals surface area contributed by atoms with Gasteiger partial charge in [-0.1, -0.05) is 53.5 Å². The van der Waals surface area contributed by atoms with Gasteiger partial charge in [0.05, 0.1) is 12.7 Å². The van der Waals surface area contributed by atoms with E-state index in [1.807, 2.05) is 24.3 Å². The quantitative estimate of drug-likeness (QED) is 0.751. The van der Waals surface area contributed by atoms with E-state index < -0.39 is 0 Å². The molecule has 0 N–H and O–H groups in total. The van der Waals surface area contributed by atoms with Crippen LogP contribution >= 0.6 is 27.5 Å². The van der Waals surface area contributed by atoms with Crippen LogP contribution < -0.4 is 0 Å². The van der Waals surface area contributed by atoms with Gasteiger partial charge in [-0.2, -0.15) is 0 Å². The molecular formula is C13H16BrClO. The largest absolute Gasteiger partial charge is 0.373 e. The molecule has 0 bridgehead atoms. The maximum atomic E-state index is 5.92. The number of ether oxygens (including phenoxy) is 1. The van der Waals surface area contributed by atoms with Gasteiger partial charge in [0.25, 0.3) is 0 Å². The summed E-state index contributed by atoms with van der Waals surface area (Å²) in [5.74, 6) is 0. The Hall–Kier alpha value is -0.0500. The van der Waals surface area contributed by atoms with E-state index in [1.54, 1.807) is 0 Å². The summed E-state index contributed by atoms with van der Waals surface area (Å²) >= 11 is 9.58. The van der Waals surface area contributed by atoms with Crippen LogP contribution in [0.1, 0.15) is 25.8 Å². The van der Waals surface area contributed by atoms with Gasteiger partial charge in [-0.05, 0) is 24.1 Å². The molecule has 1 nitrogen and oxygen atoms in total. The average Bonchev–Trinajstić information content (AvgIpc) is 2.24. The summed E-state index contributed by atoms with van der Waals surface area (Å²) in [6.45, 7) is 5.12. The number of hydrogen-bond acceptors (Lipinski definition) is 1. The first-order valence-corrected chi connectivity index (χ1v) is 6.79. The Morgan fingerprint density at radius 2 is 2.25 bits per heavy atom. The van der Waals surface area contributed by atoms with Crippen LogP contribution in [-0.2, 0) is 11.3 Å². The van der Waals surface area contributed by atoms with Gasteiger partial charge in [-0.3, -0.25) is 0 Å². The topological polar surface area (TPSA) is 9.23 Å². The molecule has 0 amide bonds. The van der Waals surface area contributed by atoms with Gasteiger partial charge < -0.3 is 4.74 Å². The fourth-order valence-electron chi connectivity index (χ4n) is 1.94. The van der Waals surface area contributed by atoms with Crippen molar-refractivity contribution in [3.63, 3.8) is 0 Å². The van der Waals surface area contributed by atoms with E-state index in [4.69, 9.17) is 16.3 Å². The van der Waals surface area contributed by atoms with Gasteiger partial charge in [0, 0.05) is 15.3 Å². The van der Waals surface area contributed by atoms with Crippen molar-refractivity contribution in [1.82, 2.24) is 0 Å². The lowest BCUT2D eigenvalue weighted by Crippen LogP contribution is -2.51. The van der Waals surface area contributed by atoms with Crippen LogP contribution in [0, 0.1) is 5.41 Å². The Labute approximate surface area is 110 Å². The van der Waals surface area contributed by atoms with E-state index in [1.165, 1.54) is 0 Å². The fraction of sp³-hybridized carbons (Fsp3) is 0.538. The average molecular weight is 304 g/mol. The van der Waals surface area contributed by atoms with E-state index in [0.717, 1.165) is 17.0 Å². The molecule has 0 saturated heterocycles. The molecule has 1 aliphatic carbocycles. The monoisotopic (exact) mass is 302 g/mol. The highest BCUT2D eigenvalue weighted by Crippen LogP contribution is 2.47. The number of benzene rings is 1. The molecule has 1 saturated carbocycles. The fourth-order valence-corrected chi connectivity index (χ4v) is 2.79. The third-order valence-corrected chi connectivity index (χ3v) is 5.19. The molecule has 1 aliphatic rings. The number of hydrogen-bond donors (Lipinski definition) is 0. The van der Waals surface area contributed by atoms with Crippen molar-refractivity contribution in [2.45, 2.75) is 37.8 Å². The van der Waals surface area contributed by atoms with Gasteiger partial charge in [-0.15, -0.1) is 0 Å². The Balaban J connectivity index is 1.89. The van der Waals surface area contributed by atoms with Gasteiger partial charge >= 0.3 is 0 Å². The van der Waals surface area contributed by atoms with Gasteiger partial charge in [0.1, 0.15) is 0 Å². The molecule has 3 heteroatoms. The van der Waals surface area contributed by atoms with Crippen molar-refractivity contribution >= 4 is 27.5 Å². The molecule has 1 aromatic rings. The second-order valence-corrected chi connectivity index (χ2v) is 6.50. The van der Waals surface area contributed by atoms with Crippen molar-refractivity contribution in [2.75, 3.05) is 0 Å². The first-order chi connectivity index (χ1) is 7.50. The zero-order chi connectivity index (χ0) is 11.8. The molecule has 0 heterocycles. The number of halogens is 2. The molecule has 1 aromatic carbocycles. The smallest absolute Gasteiger partial charge is 0.0721 e. The molecular weight excluding hydrogens is 287 g/mol. The van der Waals surface area contributed by atoms with Crippen LogP contribution in [0.4, 0.5) is 0 Å². The molecule has 88 valence electrons. The van der Waals surface area contributed by atoms with Crippen molar-refractivity contribution < 1.29 is 4.74 Å². The predicted molar refractivity (Wildman–Crippen MR) is 71.1 cm³/mol. The SMILES string of the molecule is CC1(C)C(Br)CC1OCc1cccc(Cl)c1. The van der Waals surface area contributed by atoms with Crippen LogP contribution in [0.3, 0.4) is 0 Å². The normalized spacial score (nSPS) is 27.5. The Bertz CT molecular complexity index is 378. The minimum absolute atomic E-state index is 0.235. The summed E-state index contributed by atoms with van der Waals surface area (Å²) in [7, 11) is 0. The second-order valence-electron chi connectivity index (χ2n) is 4.95. The van der Waals surface area contributed by atoms with Crippen LogP contribution in [0.15, 0.2) is 24.3 Å². The predicted octanol–water partition coefficient (Wildman–Crippen LogP) is 4.42. The Morgan fingerprint density at radius 3 is 2.81 bits per heavy atom. The van der Waals surface area contributed by atoms with Crippen molar-refractivity contribution in [3.05, 3.63) is 34.9 Å². The van der Waals surface area contributed by atoms with Gasteiger partial charge in [0.15, 0.2) is 0 Å². The highest BCUT2D eigenvalue weighted by atomic mass is 79.9. The van der Waals surface area contributed by atoms with Crippen molar-refractivity contribution in [2.24, 2.45) is 5.41 Å². The zero-order valence-electron chi connectivity index (χ0n) is 9.54. The molecule has 2 rings (SSSR count). The lowest BCUT2D eigenvalue weighted by molar-refractivity contribution is -0.0931. The highest BCUT2D eigenvalue weighted by Gasteiger charge is 2.47. The van der Waals surface area contributed by atoms with Gasteiger partial charge in [0.2, 0.25) is 0 Å². The summed E-state index contributed by atoms with van der Waals surface area (Å²) in [6, 6.07) is 7.84. The molecule has 0 aliphatic heterocycles. The standard InChI is InChI=1S/C13H16BrClO/c1-13(2)11(14)7-12(13)16-8-9-4-3-5-10(15)6-9/h3-6,11-12H,7-8H2,1-2H3. The number of alkyl halides is 1. The minimum Gasteiger partial charge on any atom is -0.373 e. The van der Waals surface area contributed by atoms with E-state index in [-0.39, 0.29) is 5.41 Å². The Kier molecular flexibility index (Phi) is 3.62. The number of rotatable bonds is 3. The lowest BCUT2D eigenvalue weighted by atomic mass is 9.69. The maximum Gasteiger partial charge on any atom is 0.0721 e. The zero-order valence-corrected chi connectivity index (χ0v) is 11.9. The summed E-state index contributed by atoms with van der Waals surface area (Å²) in [5.41, 5.74) is 1.37. The molecule has 2 unspecified atom stereocenters. The van der Waals surface area contributed by atoms with Crippen LogP contribution in [0.2, 0.25) is 5.02 Å². The molecule has 0 spiro atoms. The first kappa shape index (κ1) is 12.4. The second kappa shape index (κ2) is 4.67. The van der Waals surface area contributed by atoms with E-state index in [0.29, 0.717) is 17.5 Å². The molecule has 16 heavy (non-hydrogen) atoms. The Morgan fingerprint density at radius 1 is 1.50 bits per heavy atom. The molecule has 0 aromatic heterocycles. The summed E-state index contributed by atoms with van der Waals surface area (Å²) in [6.07, 6.45) is 1.43. The van der Waals surface area contributed by atoms with E-state index >= 15 is 0 Å². The van der Waals surface area contributed by atoms with Crippen LogP contribution in [0.25, 0.3) is 0 Å². The minimum atomic E-state index is 0.235. The summed E-state index contributed by atoms with van der Waals surface area (Å²) < 4.78 is 5.92. The maximum absolute atomic E-state index is 5.92. The van der Waals surface area contributed by atoms with Crippen LogP contribution in [0.5, 0.6) is 0 Å². The third-order valence-electron chi connectivity index (χ3n) is 3.40. The lowest BCUT2D eigenvalue weighted by Gasteiger charge is -2.48. The van der Waals surface area contributed by atoms with E-state index in [9.17, 15) is 0 Å². The third kappa shape index (κ3) is 2.44. The van der Waals surface area contributed by atoms with Crippen molar-refractivity contribution in [1.29, 1.82) is 0 Å². The molecule has 2 atom stereocenters. The first-order valence-electron chi connectivity index (χ1n) is 5.50. The summed E-state index contributed by atoms with van der Waals surface area (Å²) in [4.78, 5) is 0.573. The van der Waals surface area contributed by atoms with E-state index in [2.05, 4.69) is 29.8 Å².